The number of carboxylic acids is 1. The van der Waals surface area contributed by atoms with Crippen LogP contribution in [-0.2, 0) is 32.0 Å². The third-order valence-corrected chi connectivity index (χ3v) is 6.50. The molecule has 40 heavy (non-hydrogen) atoms. The topological polar surface area (TPSA) is 187 Å². The summed E-state index contributed by atoms with van der Waals surface area (Å²) in [5.41, 5.74) is 8.61. The summed E-state index contributed by atoms with van der Waals surface area (Å²) in [6.45, 7) is 2.86. The lowest BCUT2D eigenvalue weighted by Crippen LogP contribution is -2.58. The number of nitrogens with one attached hydrogen (secondary N) is 4. The van der Waals surface area contributed by atoms with E-state index in [0.29, 0.717) is 0 Å². The molecule has 0 saturated carbocycles. The van der Waals surface area contributed by atoms with Gasteiger partial charge in [-0.25, -0.2) is 4.79 Å². The van der Waals surface area contributed by atoms with E-state index >= 15 is 0 Å². The number of aromatic nitrogens is 1. The van der Waals surface area contributed by atoms with Crippen molar-refractivity contribution in [3.63, 3.8) is 0 Å². The second-order valence-corrected chi connectivity index (χ2v) is 10.2. The van der Waals surface area contributed by atoms with Crippen LogP contribution in [0.2, 0.25) is 0 Å². The largest absolute Gasteiger partial charge is 0.480 e. The number of H-pyrrole nitrogens is 1. The van der Waals surface area contributed by atoms with Crippen LogP contribution in [0.15, 0.2) is 60.8 Å². The smallest absolute Gasteiger partial charge is 0.326 e. The van der Waals surface area contributed by atoms with Gasteiger partial charge in [-0.3, -0.25) is 14.4 Å². The number of amides is 3. The molecule has 4 atom stereocenters. The Hall–Kier alpha value is -4.22. The van der Waals surface area contributed by atoms with E-state index in [9.17, 15) is 29.4 Å². The van der Waals surface area contributed by atoms with E-state index in [2.05, 4.69) is 20.9 Å². The fraction of sp³-hybridized carbons (Fsp3) is 0.379. The second-order valence-electron chi connectivity index (χ2n) is 10.2. The average molecular weight is 552 g/mol. The van der Waals surface area contributed by atoms with Gasteiger partial charge in [0.2, 0.25) is 17.7 Å². The molecule has 11 nitrogen and oxygen atoms in total. The van der Waals surface area contributed by atoms with Gasteiger partial charge in [-0.1, -0.05) is 62.4 Å². The molecular formula is C29H37N5O6. The number of hydrogen-bond donors (Lipinski definition) is 7. The number of benzene rings is 2. The molecule has 8 N–H and O–H groups in total. The van der Waals surface area contributed by atoms with E-state index in [1.807, 2.05) is 68.4 Å². The monoisotopic (exact) mass is 551 g/mol. The first-order valence-corrected chi connectivity index (χ1v) is 13.2. The number of hydrogen-bond acceptors (Lipinski definition) is 6. The summed E-state index contributed by atoms with van der Waals surface area (Å²) in [4.78, 5) is 54.0. The Bertz CT molecular complexity index is 1310. The van der Waals surface area contributed by atoms with Gasteiger partial charge in [-0.15, -0.1) is 0 Å². The van der Waals surface area contributed by atoms with Crippen LogP contribution in [-0.4, -0.2) is 69.7 Å². The van der Waals surface area contributed by atoms with Gasteiger partial charge in [-0.05, 0) is 36.0 Å². The maximum absolute atomic E-state index is 13.4. The zero-order valence-corrected chi connectivity index (χ0v) is 22.6. The van der Waals surface area contributed by atoms with E-state index in [0.717, 1.165) is 22.0 Å². The Morgan fingerprint density at radius 2 is 1.43 bits per heavy atom. The van der Waals surface area contributed by atoms with Crippen molar-refractivity contribution in [3.05, 3.63) is 71.9 Å². The predicted octanol–water partition coefficient (Wildman–Crippen LogP) is 0.858. The Morgan fingerprint density at radius 3 is 2.08 bits per heavy atom. The second kappa shape index (κ2) is 14.2. The molecule has 3 amide bonds. The first-order valence-electron chi connectivity index (χ1n) is 13.2. The number of carbonyl (C=O) groups is 4. The number of para-hydroxylation sites is 1. The lowest BCUT2D eigenvalue weighted by atomic mass is 10.0. The number of carbonyl (C=O) groups excluding carboxylic acids is 3. The number of rotatable bonds is 14. The van der Waals surface area contributed by atoms with E-state index in [1.165, 1.54) is 0 Å². The van der Waals surface area contributed by atoms with Crippen molar-refractivity contribution in [2.75, 3.05) is 6.61 Å². The van der Waals surface area contributed by atoms with Crippen molar-refractivity contribution >= 4 is 34.6 Å². The Balaban J connectivity index is 1.78. The molecule has 1 heterocycles. The van der Waals surface area contributed by atoms with Crippen LogP contribution >= 0.6 is 0 Å². The third kappa shape index (κ3) is 8.39. The summed E-state index contributed by atoms with van der Waals surface area (Å²) in [5, 5.41) is 27.7. The normalized spacial score (nSPS) is 14.2. The lowest BCUT2D eigenvalue weighted by molar-refractivity contribution is -0.143. The Morgan fingerprint density at radius 1 is 0.825 bits per heavy atom. The highest BCUT2D eigenvalue weighted by Gasteiger charge is 2.31. The summed E-state index contributed by atoms with van der Waals surface area (Å²) in [6, 6.07) is 12.0. The molecule has 0 spiro atoms. The Kier molecular flexibility index (Phi) is 10.8. The molecule has 4 unspecified atom stereocenters. The van der Waals surface area contributed by atoms with Crippen LogP contribution in [0.3, 0.4) is 0 Å². The molecule has 0 fully saturated rings. The van der Waals surface area contributed by atoms with Gasteiger partial charge >= 0.3 is 5.97 Å². The summed E-state index contributed by atoms with van der Waals surface area (Å²) in [6.07, 6.45) is 2.24. The molecule has 0 aliphatic carbocycles. The lowest BCUT2D eigenvalue weighted by Gasteiger charge is -2.24. The molecule has 0 bridgehead atoms. The first-order chi connectivity index (χ1) is 19.1. The fourth-order valence-corrected chi connectivity index (χ4v) is 4.40. The predicted molar refractivity (Wildman–Crippen MR) is 150 cm³/mol. The molecule has 11 heteroatoms. The van der Waals surface area contributed by atoms with Gasteiger partial charge in [0.15, 0.2) is 0 Å². The molecule has 0 aliphatic heterocycles. The number of nitrogens with two attached hydrogens (primary N) is 1. The van der Waals surface area contributed by atoms with Gasteiger partial charge < -0.3 is 36.9 Å². The van der Waals surface area contributed by atoms with E-state index in [4.69, 9.17) is 5.73 Å². The molecule has 0 aliphatic rings. The van der Waals surface area contributed by atoms with E-state index in [1.54, 1.807) is 6.20 Å². The minimum atomic E-state index is -1.43. The van der Waals surface area contributed by atoms with E-state index in [-0.39, 0.29) is 25.2 Å². The van der Waals surface area contributed by atoms with Crippen LogP contribution in [0, 0.1) is 5.92 Å². The molecule has 214 valence electrons. The fourth-order valence-electron chi connectivity index (χ4n) is 4.40. The number of aromatic amines is 1. The standard InChI is InChI=1S/C29H37N5O6/c1-17(2)12-24(29(39)40)33-28(38)25(16-35)34-27(37)23(14-19-15-31-22-11-7-6-10-20(19)22)32-26(36)21(30)13-18-8-4-3-5-9-18/h3-11,15,17,21,23-25,31,35H,12-14,16,30H2,1-2H3,(H,32,36)(H,33,38)(H,34,37)(H,39,40). The summed E-state index contributed by atoms with van der Waals surface area (Å²) >= 11 is 0. The van der Waals surface area contributed by atoms with Gasteiger partial charge in [-0.2, -0.15) is 0 Å². The zero-order valence-electron chi connectivity index (χ0n) is 22.6. The van der Waals surface area contributed by atoms with Crippen LogP contribution in [0.4, 0.5) is 0 Å². The molecule has 0 radical (unpaired) electrons. The van der Waals surface area contributed by atoms with Gasteiger partial charge in [0, 0.05) is 23.5 Å². The molecule has 1 aromatic heterocycles. The van der Waals surface area contributed by atoms with Crippen molar-refractivity contribution < 1.29 is 29.4 Å². The van der Waals surface area contributed by atoms with Gasteiger partial charge in [0.1, 0.15) is 18.1 Å². The van der Waals surface area contributed by atoms with Crippen LogP contribution in [0.5, 0.6) is 0 Å². The maximum Gasteiger partial charge on any atom is 0.326 e. The van der Waals surface area contributed by atoms with Crippen LogP contribution < -0.4 is 21.7 Å². The quantitative estimate of drug-likeness (QED) is 0.155. The SMILES string of the molecule is CC(C)CC(NC(=O)C(CO)NC(=O)C(Cc1c[nH]c2ccccc12)NC(=O)C(N)Cc1ccccc1)C(=O)O. The van der Waals surface area contributed by atoms with Crippen molar-refractivity contribution in [2.45, 2.75) is 57.3 Å². The molecular weight excluding hydrogens is 514 g/mol. The number of aliphatic carboxylic acids is 1. The van der Waals surface area contributed by atoms with E-state index < -0.39 is 54.5 Å². The average Bonchev–Trinajstić information content (AvgIpc) is 3.33. The number of aliphatic hydroxyl groups excluding tert-OH is 1. The third-order valence-electron chi connectivity index (χ3n) is 6.50. The van der Waals surface area contributed by atoms with Crippen LogP contribution in [0.25, 0.3) is 10.9 Å². The van der Waals surface area contributed by atoms with Crippen LogP contribution in [0.1, 0.15) is 31.4 Å². The minimum absolute atomic E-state index is 0.0144. The first kappa shape index (κ1) is 30.3. The summed E-state index contributed by atoms with van der Waals surface area (Å²) in [5.74, 6) is -3.37. The zero-order chi connectivity index (χ0) is 29.2. The van der Waals surface area contributed by atoms with Gasteiger partial charge in [0.05, 0.1) is 12.6 Å². The van der Waals surface area contributed by atoms with Crippen molar-refractivity contribution in [1.29, 1.82) is 0 Å². The molecule has 3 aromatic rings. The molecule has 3 rings (SSSR count). The van der Waals surface area contributed by atoms with Crippen molar-refractivity contribution in [3.8, 4) is 0 Å². The summed E-state index contributed by atoms with van der Waals surface area (Å²) in [7, 11) is 0. The molecule has 0 saturated heterocycles. The van der Waals surface area contributed by atoms with Crippen molar-refractivity contribution in [1.82, 2.24) is 20.9 Å². The highest BCUT2D eigenvalue weighted by atomic mass is 16.4. The Labute approximate surface area is 232 Å². The van der Waals surface area contributed by atoms with Gasteiger partial charge in [0.25, 0.3) is 0 Å². The van der Waals surface area contributed by atoms with Crippen molar-refractivity contribution in [2.24, 2.45) is 11.7 Å². The maximum atomic E-state index is 13.4. The number of carboxylic acid groups (broad SMARTS) is 1. The highest BCUT2D eigenvalue weighted by Crippen LogP contribution is 2.19. The molecule has 2 aromatic carbocycles. The number of fused-ring (bicyclic) bond motifs is 1. The number of aliphatic hydroxyl groups is 1. The highest BCUT2D eigenvalue weighted by molar-refractivity contribution is 5.95. The minimum Gasteiger partial charge on any atom is -0.480 e. The summed E-state index contributed by atoms with van der Waals surface area (Å²) < 4.78 is 0.